The number of halogens is 1. The van der Waals surface area contributed by atoms with Gasteiger partial charge in [-0.3, -0.25) is 0 Å². The minimum Gasteiger partial charge on any atom is -0.107 e. The smallest absolute Gasteiger partial charge is 0.107 e. The van der Waals surface area contributed by atoms with Crippen molar-refractivity contribution >= 4 is 47.2 Å². The van der Waals surface area contributed by atoms with Crippen molar-refractivity contribution in [2.24, 2.45) is 0 Å². The van der Waals surface area contributed by atoms with Crippen LogP contribution in [0.2, 0.25) is 0 Å². The molecule has 0 aliphatic carbocycles. The average molecular weight is 607 g/mol. The fourth-order valence-electron chi connectivity index (χ4n) is 5.10. The zero-order chi connectivity index (χ0) is 23.9. The van der Waals surface area contributed by atoms with Crippen LogP contribution in [0.25, 0.3) is 0 Å². The summed E-state index contributed by atoms with van der Waals surface area (Å²) >= 11 is 0. The minimum absolute atomic E-state index is 0. The van der Waals surface area contributed by atoms with Crippen LogP contribution in [0.15, 0.2) is 91.0 Å². The first-order valence-electron chi connectivity index (χ1n) is 13.2. The van der Waals surface area contributed by atoms with E-state index in [0.717, 1.165) is 19.6 Å². The molecule has 3 rings (SSSR count). The summed E-state index contributed by atoms with van der Waals surface area (Å²) in [5.74, 6) is 0. The Labute approximate surface area is 231 Å². The number of ether oxygens (including phenoxy) is 2. The number of unbranched alkanes of at least 4 members (excludes halogenated alkanes) is 5. The molecule has 0 heterocycles. The van der Waals surface area contributed by atoms with Crippen LogP contribution < -0.4 is 15.9 Å². The summed E-state index contributed by atoms with van der Waals surface area (Å²) < 4.78 is 11.3. The van der Waals surface area contributed by atoms with E-state index >= 15 is 0 Å². The molecule has 0 saturated carbocycles. The third kappa shape index (κ3) is 8.97. The standard InChI is InChI=1S/C31H43O2P.HI/c1-3-32-31(33-4-2)26-18-7-5-6-8-19-27-34(28-20-12-9-13-21-28,29-22-14-10-15-23-29)30-24-16-11-17-25-30;/h9-17,20-25,31,34H,3-8,18-19,26-27H2,1-2H3;1H. The molecule has 0 spiro atoms. The molecule has 0 amide bonds. The second kappa shape index (κ2) is 17.2. The predicted octanol–water partition coefficient (Wildman–Crippen LogP) is 7.46. The second-order valence-corrected chi connectivity index (χ2v) is 13.0. The molecule has 0 N–H and O–H groups in total. The molecule has 2 nitrogen and oxygen atoms in total. The molecule has 4 heteroatoms. The van der Waals surface area contributed by atoms with Gasteiger partial charge in [0.2, 0.25) is 0 Å². The maximum absolute atomic E-state index is 5.67. The van der Waals surface area contributed by atoms with Crippen LogP contribution in [0.1, 0.15) is 58.8 Å². The van der Waals surface area contributed by atoms with Crippen molar-refractivity contribution in [1.29, 1.82) is 0 Å². The van der Waals surface area contributed by atoms with E-state index < -0.39 is 7.26 Å². The molecule has 0 aliphatic rings. The van der Waals surface area contributed by atoms with Crippen LogP contribution in [-0.2, 0) is 9.47 Å². The van der Waals surface area contributed by atoms with E-state index in [1.807, 2.05) is 13.8 Å². The second-order valence-electron chi connectivity index (χ2n) is 9.00. The number of hydrogen-bond acceptors (Lipinski definition) is 2. The Kier molecular flexibility index (Phi) is 14.8. The molecular weight excluding hydrogens is 562 g/mol. The zero-order valence-electron chi connectivity index (χ0n) is 21.5. The maximum atomic E-state index is 5.67. The molecule has 3 aromatic carbocycles. The van der Waals surface area contributed by atoms with Gasteiger partial charge in [0.1, 0.15) is 0 Å². The van der Waals surface area contributed by atoms with E-state index in [1.165, 1.54) is 60.6 Å². The van der Waals surface area contributed by atoms with Crippen molar-refractivity contribution in [3.05, 3.63) is 91.0 Å². The number of hydrogen-bond donors (Lipinski definition) is 0. The molecule has 0 atom stereocenters. The van der Waals surface area contributed by atoms with Gasteiger partial charge >= 0.3 is 208 Å². The Morgan fingerprint density at radius 3 is 1.31 bits per heavy atom. The summed E-state index contributed by atoms with van der Waals surface area (Å²) in [6.45, 7) is 5.52. The molecule has 0 aliphatic heterocycles. The van der Waals surface area contributed by atoms with E-state index in [-0.39, 0.29) is 30.3 Å². The quantitative estimate of drug-likeness (QED) is 0.0730. The summed E-state index contributed by atoms with van der Waals surface area (Å²) in [6.07, 6.45) is 9.83. The topological polar surface area (TPSA) is 18.5 Å². The summed E-state index contributed by atoms with van der Waals surface area (Å²) in [4.78, 5) is 0. The van der Waals surface area contributed by atoms with Gasteiger partial charge in [-0.15, -0.1) is 24.0 Å². The van der Waals surface area contributed by atoms with E-state index in [1.54, 1.807) is 0 Å². The normalized spacial score (nSPS) is 11.9. The number of rotatable bonds is 16. The van der Waals surface area contributed by atoms with Crippen LogP contribution in [0, 0.1) is 0 Å². The zero-order valence-corrected chi connectivity index (χ0v) is 24.9. The minimum atomic E-state index is -2.07. The Hall–Kier alpha value is -1.26. The van der Waals surface area contributed by atoms with Crippen molar-refractivity contribution in [2.75, 3.05) is 19.4 Å². The van der Waals surface area contributed by atoms with Gasteiger partial charge in [-0.25, -0.2) is 0 Å². The van der Waals surface area contributed by atoms with Crippen molar-refractivity contribution in [3.63, 3.8) is 0 Å². The first-order valence-corrected chi connectivity index (χ1v) is 15.4. The fourth-order valence-corrected chi connectivity index (χ4v) is 10.0. The van der Waals surface area contributed by atoms with E-state index in [4.69, 9.17) is 9.47 Å². The monoisotopic (exact) mass is 606 g/mol. The first kappa shape index (κ1) is 30.0. The van der Waals surface area contributed by atoms with Crippen LogP contribution in [0.5, 0.6) is 0 Å². The van der Waals surface area contributed by atoms with Crippen molar-refractivity contribution < 1.29 is 9.47 Å². The molecule has 0 radical (unpaired) electrons. The summed E-state index contributed by atoms with van der Waals surface area (Å²) in [7, 11) is -2.07. The van der Waals surface area contributed by atoms with E-state index in [0.29, 0.717) is 0 Å². The molecule has 3 aromatic rings. The summed E-state index contributed by atoms with van der Waals surface area (Å²) in [5, 5.41) is 4.56. The van der Waals surface area contributed by atoms with E-state index in [2.05, 4.69) is 91.0 Å². The van der Waals surface area contributed by atoms with Gasteiger partial charge in [-0.05, 0) is 0 Å². The molecule has 0 fully saturated rings. The Bertz CT molecular complexity index is 802. The SMILES string of the molecule is CCOC(CCCCCCCC[PH](c1ccccc1)(c1ccccc1)c1ccccc1)OCC.I. The Morgan fingerprint density at radius 2 is 0.914 bits per heavy atom. The Balaban J connectivity index is 0.00000432. The van der Waals surface area contributed by atoms with Crippen molar-refractivity contribution in [1.82, 2.24) is 0 Å². The molecule has 192 valence electrons. The van der Waals surface area contributed by atoms with Crippen LogP contribution >= 0.6 is 31.2 Å². The van der Waals surface area contributed by atoms with Crippen molar-refractivity contribution in [3.8, 4) is 0 Å². The molecule has 0 bridgehead atoms. The summed E-state index contributed by atoms with van der Waals surface area (Å²) in [6, 6.07) is 33.8. The van der Waals surface area contributed by atoms with E-state index in [9.17, 15) is 0 Å². The van der Waals surface area contributed by atoms with Crippen LogP contribution in [0.3, 0.4) is 0 Å². The van der Waals surface area contributed by atoms with Gasteiger partial charge in [0.15, 0.2) is 0 Å². The van der Waals surface area contributed by atoms with Gasteiger partial charge in [0.25, 0.3) is 0 Å². The van der Waals surface area contributed by atoms with Gasteiger partial charge in [0, 0.05) is 0 Å². The van der Waals surface area contributed by atoms with Crippen molar-refractivity contribution in [2.45, 2.75) is 65.1 Å². The van der Waals surface area contributed by atoms with Crippen LogP contribution in [0.4, 0.5) is 0 Å². The predicted molar refractivity (Wildman–Crippen MR) is 166 cm³/mol. The Morgan fingerprint density at radius 1 is 0.543 bits per heavy atom. The molecule has 0 aromatic heterocycles. The van der Waals surface area contributed by atoms with Gasteiger partial charge in [-0.1, -0.05) is 0 Å². The third-order valence-electron chi connectivity index (χ3n) is 6.75. The third-order valence-corrected chi connectivity index (χ3v) is 11.8. The molecule has 35 heavy (non-hydrogen) atoms. The number of benzene rings is 3. The first-order chi connectivity index (χ1) is 16.8. The van der Waals surface area contributed by atoms with Gasteiger partial charge < -0.3 is 0 Å². The fraction of sp³-hybridized carbons (Fsp3) is 0.419. The average Bonchev–Trinajstić information content (AvgIpc) is 2.90. The summed E-state index contributed by atoms with van der Waals surface area (Å²) in [5.41, 5.74) is 0. The molecule has 0 unspecified atom stereocenters. The van der Waals surface area contributed by atoms with Crippen LogP contribution in [-0.4, -0.2) is 25.7 Å². The van der Waals surface area contributed by atoms with Gasteiger partial charge in [0.05, 0.1) is 0 Å². The molecular formula is C31H44IO2P. The van der Waals surface area contributed by atoms with Gasteiger partial charge in [-0.2, -0.15) is 0 Å². The molecule has 0 saturated heterocycles.